The van der Waals surface area contributed by atoms with Gasteiger partial charge < -0.3 is 9.64 Å². The molecule has 0 unspecified atom stereocenters. The average molecular weight is 440 g/mol. The topological polar surface area (TPSA) is 46.6 Å². The number of carbonyl (C=O) groups is 2. The fourth-order valence-electron chi connectivity index (χ4n) is 4.12. The van der Waals surface area contributed by atoms with Crippen LogP contribution in [0.2, 0.25) is 0 Å². The molecule has 0 radical (unpaired) electrons. The first-order chi connectivity index (χ1) is 15.8. The van der Waals surface area contributed by atoms with Gasteiger partial charge in [-0.1, -0.05) is 75.4 Å². The smallest absolute Gasteiger partial charge is 0.337 e. The Morgan fingerprint density at radius 3 is 2.18 bits per heavy atom. The zero-order valence-corrected chi connectivity index (χ0v) is 19.6. The van der Waals surface area contributed by atoms with Crippen LogP contribution in [-0.2, 0) is 16.6 Å². The molecule has 1 heterocycles. The molecule has 0 atom stereocenters. The molecule has 168 valence electrons. The van der Waals surface area contributed by atoms with Gasteiger partial charge in [0.1, 0.15) is 0 Å². The first-order valence-electron chi connectivity index (χ1n) is 11.2. The zero-order chi connectivity index (χ0) is 23.6. The number of anilines is 1. The number of benzene rings is 3. The van der Waals surface area contributed by atoms with Crippen molar-refractivity contribution >= 4 is 23.0 Å². The summed E-state index contributed by atoms with van der Waals surface area (Å²) in [5.74, 6) is -0.355. The number of hydrogen-bond donors (Lipinski definition) is 0. The number of allylic oxidation sites excluding steroid dienone is 1. The first kappa shape index (κ1) is 22.5. The van der Waals surface area contributed by atoms with E-state index in [9.17, 15) is 9.59 Å². The molecule has 33 heavy (non-hydrogen) atoms. The molecular weight excluding hydrogens is 410 g/mol. The normalized spacial score (nSPS) is 13.6. The number of fused-ring (bicyclic) bond motifs is 1. The van der Waals surface area contributed by atoms with E-state index in [0.717, 1.165) is 29.8 Å². The van der Waals surface area contributed by atoms with E-state index in [-0.39, 0.29) is 17.2 Å². The Bertz CT molecular complexity index is 1200. The number of carbonyl (C=O) groups excluding carboxylic acids is 2. The molecule has 0 saturated heterocycles. The SMILES string of the molecule is COC(=O)c1ccc2c(c1)CCN2/C=C(/C(=O)c1ccc(C(C)(C)C)cc1)c1ccccc1. The van der Waals surface area contributed by atoms with Gasteiger partial charge in [0.05, 0.1) is 12.7 Å². The van der Waals surface area contributed by atoms with Crippen LogP contribution >= 0.6 is 0 Å². The second kappa shape index (κ2) is 9.07. The van der Waals surface area contributed by atoms with Crippen LogP contribution in [0.5, 0.6) is 0 Å². The highest BCUT2D eigenvalue weighted by Crippen LogP contribution is 2.32. The molecule has 1 aliphatic heterocycles. The van der Waals surface area contributed by atoms with Crippen LogP contribution in [0.15, 0.2) is 79.0 Å². The summed E-state index contributed by atoms with van der Waals surface area (Å²) in [5.41, 5.74) is 6.03. The Labute approximate surface area is 195 Å². The summed E-state index contributed by atoms with van der Waals surface area (Å²) in [4.78, 5) is 27.6. The molecule has 4 nitrogen and oxygen atoms in total. The number of methoxy groups -OCH3 is 1. The molecule has 0 fully saturated rings. The molecule has 0 saturated carbocycles. The second-order valence-electron chi connectivity index (χ2n) is 9.34. The molecule has 0 spiro atoms. The maximum Gasteiger partial charge on any atom is 0.337 e. The Morgan fingerprint density at radius 1 is 0.879 bits per heavy atom. The van der Waals surface area contributed by atoms with Crippen LogP contribution in [0, 0.1) is 0 Å². The Morgan fingerprint density at radius 2 is 1.55 bits per heavy atom. The van der Waals surface area contributed by atoms with Crippen molar-refractivity contribution in [2.75, 3.05) is 18.6 Å². The summed E-state index contributed by atoms with van der Waals surface area (Å²) in [6.07, 6.45) is 2.74. The predicted octanol–water partition coefficient (Wildman–Crippen LogP) is 6.06. The van der Waals surface area contributed by atoms with E-state index in [1.807, 2.05) is 72.9 Å². The largest absolute Gasteiger partial charge is 0.465 e. The van der Waals surface area contributed by atoms with Gasteiger partial charge in [-0.05, 0) is 46.7 Å². The van der Waals surface area contributed by atoms with E-state index in [2.05, 4.69) is 25.7 Å². The summed E-state index contributed by atoms with van der Waals surface area (Å²) in [5, 5.41) is 0. The van der Waals surface area contributed by atoms with E-state index in [1.165, 1.54) is 12.7 Å². The highest BCUT2D eigenvalue weighted by molar-refractivity contribution is 6.29. The summed E-state index contributed by atoms with van der Waals surface area (Å²) in [7, 11) is 1.39. The van der Waals surface area contributed by atoms with Crippen molar-refractivity contribution < 1.29 is 14.3 Å². The van der Waals surface area contributed by atoms with Crippen molar-refractivity contribution in [1.82, 2.24) is 0 Å². The Kier molecular flexibility index (Phi) is 6.19. The fourth-order valence-corrected chi connectivity index (χ4v) is 4.12. The lowest BCUT2D eigenvalue weighted by Gasteiger charge is -2.20. The third-order valence-electron chi connectivity index (χ3n) is 6.06. The minimum atomic E-state index is -0.342. The van der Waals surface area contributed by atoms with Crippen LogP contribution in [0.25, 0.3) is 5.57 Å². The predicted molar refractivity (Wildman–Crippen MR) is 133 cm³/mol. The number of ether oxygens (including phenoxy) is 1. The fraction of sp³-hybridized carbons (Fsp3) is 0.241. The summed E-state index contributed by atoms with van der Waals surface area (Å²) in [6, 6.07) is 23.2. The number of esters is 1. The van der Waals surface area contributed by atoms with Crippen LogP contribution < -0.4 is 4.90 Å². The van der Waals surface area contributed by atoms with E-state index < -0.39 is 0 Å². The van der Waals surface area contributed by atoms with E-state index in [1.54, 1.807) is 6.07 Å². The molecular formula is C29H29NO3. The molecule has 0 aromatic heterocycles. The second-order valence-corrected chi connectivity index (χ2v) is 9.34. The van der Waals surface area contributed by atoms with Gasteiger partial charge in [0.25, 0.3) is 0 Å². The summed E-state index contributed by atoms with van der Waals surface area (Å²) >= 11 is 0. The molecule has 0 bridgehead atoms. The molecule has 4 heteroatoms. The summed E-state index contributed by atoms with van der Waals surface area (Å²) in [6.45, 7) is 7.23. The molecule has 0 aliphatic carbocycles. The lowest BCUT2D eigenvalue weighted by atomic mass is 9.86. The zero-order valence-electron chi connectivity index (χ0n) is 19.6. The first-order valence-corrected chi connectivity index (χ1v) is 11.2. The molecule has 1 aliphatic rings. The number of nitrogens with zero attached hydrogens (tertiary/aromatic N) is 1. The van der Waals surface area contributed by atoms with Crippen molar-refractivity contribution in [3.63, 3.8) is 0 Å². The van der Waals surface area contributed by atoms with Gasteiger partial charge in [-0.25, -0.2) is 4.79 Å². The third-order valence-corrected chi connectivity index (χ3v) is 6.06. The summed E-state index contributed by atoms with van der Waals surface area (Å²) < 4.78 is 4.85. The lowest BCUT2D eigenvalue weighted by molar-refractivity contribution is 0.0600. The maximum absolute atomic E-state index is 13.6. The molecule has 0 N–H and O–H groups in total. The molecule has 3 aromatic rings. The quantitative estimate of drug-likeness (QED) is 0.276. The van der Waals surface area contributed by atoms with Crippen molar-refractivity contribution in [3.8, 4) is 0 Å². The van der Waals surface area contributed by atoms with Gasteiger partial charge in [0.2, 0.25) is 0 Å². The maximum atomic E-state index is 13.6. The van der Waals surface area contributed by atoms with E-state index in [0.29, 0.717) is 16.7 Å². The number of rotatable bonds is 5. The van der Waals surface area contributed by atoms with Gasteiger partial charge in [-0.15, -0.1) is 0 Å². The van der Waals surface area contributed by atoms with Crippen LogP contribution in [0.3, 0.4) is 0 Å². The van der Waals surface area contributed by atoms with Crippen LogP contribution in [0.4, 0.5) is 5.69 Å². The van der Waals surface area contributed by atoms with Crippen LogP contribution in [-0.4, -0.2) is 25.4 Å². The van der Waals surface area contributed by atoms with Gasteiger partial charge in [0.15, 0.2) is 5.78 Å². The highest BCUT2D eigenvalue weighted by Gasteiger charge is 2.23. The van der Waals surface area contributed by atoms with Crippen molar-refractivity contribution in [2.45, 2.75) is 32.6 Å². The molecule has 0 amide bonds. The van der Waals surface area contributed by atoms with Gasteiger partial charge in [-0.3, -0.25) is 4.79 Å². The minimum absolute atomic E-state index is 0.0127. The van der Waals surface area contributed by atoms with E-state index >= 15 is 0 Å². The lowest BCUT2D eigenvalue weighted by Crippen LogP contribution is -2.16. The molecule has 3 aromatic carbocycles. The minimum Gasteiger partial charge on any atom is -0.465 e. The van der Waals surface area contributed by atoms with Gasteiger partial charge >= 0.3 is 5.97 Å². The standard InChI is InChI=1S/C29H29NO3/c1-29(2,3)24-13-10-21(11-14-24)27(31)25(20-8-6-5-7-9-20)19-30-17-16-22-18-23(28(32)33-4)12-15-26(22)30/h5-15,18-19H,16-17H2,1-4H3/b25-19+. The Hall–Kier alpha value is -3.66. The average Bonchev–Trinajstić information content (AvgIpc) is 3.23. The van der Waals surface area contributed by atoms with E-state index in [4.69, 9.17) is 4.74 Å². The van der Waals surface area contributed by atoms with Gasteiger partial charge in [0, 0.05) is 29.6 Å². The van der Waals surface area contributed by atoms with Crippen molar-refractivity contribution in [2.24, 2.45) is 0 Å². The van der Waals surface area contributed by atoms with Crippen molar-refractivity contribution in [3.05, 3.63) is 107 Å². The number of Topliss-reactive ketones (excluding diaryl/α,β-unsaturated/α-hetero) is 1. The monoisotopic (exact) mass is 439 g/mol. The van der Waals surface area contributed by atoms with Crippen LogP contribution in [0.1, 0.15) is 58.2 Å². The molecule has 4 rings (SSSR count). The Balaban J connectivity index is 1.71. The third kappa shape index (κ3) is 4.75. The highest BCUT2D eigenvalue weighted by atomic mass is 16.5. The number of hydrogen-bond acceptors (Lipinski definition) is 4. The van der Waals surface area contributed by atoms with Crippen molar-refractivity contribution in [1.29, 1.82) is 0 Å². The van der Waals surface area contributed by atoms with Gasteiger partial charge in [-0.2, -0.15) is 0 Å². The number of ketones is 1.